The van der Waals surface area contributed by atoms with Gasteiger partial charge in [0.05, 0.1) is 12.3 Å². The minimum Gasteiger partial charge on any atom is -0.481 e. The van der Waals surface area contributed by atoms with Gasteiger partial charge in [-0.05, 0) is 44.6 Å². The fourth-order valence-electron chi connectivity index (χ4n) is 3.71. The summed E-state index contributed by atoms with van der Waals surface area (Å²) >= 11 is 0. The number of rotatable bonds is 7. The third kappa shape index (κ3) is 6.98. The molecule has 2 saturated carbocycles. The summed E-state index contributed by atoms with van der Waals surface area (Å²) in [6, 6.07) is 9.01. The highest BCUT2D eigenvalue weighted by Crippen LogP contribution is 2.32. The Morgan fingerprint density at radius 3 is 2.14 bits per heavy atom. The molecule has 28 heavy (non-hydrogen) atoms. The summed E-state index contributed by atoms with van der Waals surface area (Å²) in [4.78, 5) is 32.9. The Bertz CT molecular complexity index is 663. The van der Waals surface area contributed by atoms with E-state index in [0.717, 1.165) is 18.4 Å². The highest BCUT2D eigenvalue weighted by atomic mass is 16.4. The Balaban J connectivity index is 0.000000202. The van der Waals surface area contributed by atoms with Crippen LogP contribution in [0.15, 0.2) is 30.3 Å². The van der Waals surface area contributed by atoms with E-state index < -0.39 is 17.9 Å². The van der Waals surface area contributed by atoms with Gasteiger partial charge in [0.25, 0.3) is 0 Å². The normalized spacial score (nSPS) is 18.9. The van der Waals surface area contributed by atoms with Crippen molar-refractivity contribution in [3.05, 3.63) is 35.9 Å². The summed E-state index contributed by atoms with van der Waals surface area (Å²) in [6.07, 6.45) is 8.28. The summed E-state index contributed by atoms with van der Waals surface area (Å²) in [6.45, 7) is 2.19. The minimum absolute atomic E-state index is 0.132. The molecule has 0 saturated heterocycles. The summed E-state index contributed by atoms with van der Waals surface area (Å²) in [7, 11) is 0. The van der Waals surface area contributed by atoms with Gasteiger partial charge in [0.1, 0.15) is 0 Å². The maximum absolute atomic E-state index is 11.7. The minimum atomic E-state index is -1.08. The first kappa shape index (κ1) is 21.9. The fraction of sp³-hybridized carbons (Fsp3) is 0.591. The number of carbonyl (C=O) groups is 3. The number of carboxylic acids is 2. The summed E-state index contributed by atoms with van der Waals surface area (Å²) in [5.41, 5.74) is 0.971. The van der Waals surface area contributed by atoms with Gasteiger partial charge in [-0.15, -0.1) is 0 Å². The van der Waals surface area contributed by atoms with Crippen molar-refractivity contribution in [3.63, 3.8) is 0 Å². The molecular formula is C22H31NO5. The van der Waals surface area contributed by atoms with E-state index in [1.807, 2.05) is 6.07 Å². The van der Waals surface area contributed by atoms with Crippen LogP contribution in [0.3, 0.4) is 0 Å². The lowest BCUT2D eigenvalue weighted by molar-refractivity contribution is -0.148. The Morgan fingerprint density at radius 2 is 1.68 bits per heavy atom. The standard InChI is InChI=1S/C11H19NO.C11H12O4/c1-11(7-2-3-8-11)12-10(13)9-5-4-6-9;12-10(13)7-9(11(14)15)6-8-4-2-1-3-5-8/h9H,2-8H2,1H3,(H,12,13);1-5,9H,6-7H2,(H,12,13)(H,14,15). The molecule has 6 nitrogen and oxygen atoms in total. The molecule has 0 aromatic heterocycles. The smallest absolute Gasteiger partial charge is 0.307 e. The topological polar surface area (TPSA) is 104 Å². The molecule has 0 bridgehead atoms. The number of hydrogen-bond acceptors (Lipinski definition) is 3. The van der Waals surface area contributed by atoms with Crippen LogP contribution in [0.5, 0.6) is 0 Å². The van der Waals surface area contributed by atoms with E-state index >= 15 is 0 Å². The molecule has 2 aliphatic carbocycles. The lowest BCUT2D eigenvalue weighted by atomic mass is 9.84. The molecule has 0 aliphatic heterocycles. The third-order valence-electron chi connectivity index (χ3n) is 5.70. The molecule has 3 rings (SSSR count). The molecule has 0 radical (unpaired) electrons. The molecule has 3 N–H and O–H groups in total. The maximum Gasteiger partial charge on any atom is 0.307 e. The van der Waals surface area contributed by atoms with Gasteiger partial charge in [0.15, 0.2) is 0 Å². The van der Waals surface area contributed by atoms with E-state index in [0.29, 0.717) is 11.8 Å². The van der Waals surface area contributed by atoms with Gasteiger partial charge in [-0.1, -0.05) is 49.6 Å². The lowest BCUT2D eigenvalue weighted by Crippen LogP contribution is -2.47. The maximum atomic E-state index is 11.7. The molecule has 1 aromatic carbocycles. The van der Waals surface area contributed by atoms with Crippen molar-refractivity contribution in [2.75, 3.05) is 0 Å². The number of hydrogen-bond donors (Lipinski definition) is 3. The number of carbonyl (C=O) groups excluding carboxylic acids is 1. The average Bonchev–Trinajstić information content (AvgIpc) is 2.99. The van der Waals surface area contributed by atoms with Crippen molar-refractivity contribution in [1.29, 1.82) is 0 Å². The van der Waals surface area contributed by atoms with E-state index in [1.54, 1.807) is 24.3 Å². The van der Waals surface area contributed by atoms with E-state index in [1.165, 1.54) is 32.1 Å². The van der Waals surface area contributed by atoms with Crippen LogP contribution in [0.4, 0.5) is 0 Å². The van der Waals surface area contributed by atoms with E-state index in [4.69, 9.17) is 10.2 Å². The molecule has 0 spiro atoms. The molecule has 6 heteroatoms. The van der Waals surface area contributed by atoms with Crippen molar-refractivity contribution in [2.45, 2.75) is 70.3 Å². The molecule has 1 aromatic rings. The van der Waals surface area contributed by atoms with Crippen molar-refractivity contribution >= 4 is 17.8 Å². The third-order valence-corrected chi connectivity index (χ3v) is 5.70. The van der Waals surface area contributed by atoms with Crippen LogP contribution in [0.1, 0.15) is 63.9 Å². The zero-order chi connectivity index (χ0) is 20.6. The predicted octanol–water partition coefficient (Wildman–Crippen LogP) is 3.64. The summed E-state index contributed by atoms with van der Waals surface area (Å²) < 4.78 is 0. The Morgan fingerprint density at radius 1 is 1.07 bits per heavy atom. The van der Waals surface area contributed by atoms with E-state index in [9.17, 15) is 14.4 Å². The molecule has 1 amide bonds. The van der Waals surface area contributed by atoms with E-state index in [-0.39, 0.29) is 18.4 Å². The first-order valence-corrected chi connectivity index (χ1v) is 10.1. The molecule has 2 aliphatic rings. The Labute approximate surface area is 166 Å². The zero-order valence-electron chi connectivity index (χ0n) is 16.5. The summed E-state index contributed by atoms with van der Waals surface area (Å²) in [5.74, 6) is -2.35. The van der Waals surface area contributed by atoms with Crippen molar-refractivity contribution < 1.29 is 24.6 Å². The number of amides is 1. The van der Waals surface area contributed by atoms with Crippen molar-refractivity contribution in [1.82, 2.24) is 5.32 Å². The van der Waals surface area contributed by atoms with Gasteiger partial charge in [-0.25, -0.2) is 0 Å². The van der Waals surface area contributed by atoms with Crippen molar-refractivity contribution in [2.24, 2.45) is 11.8 Å². The number of benzene rings is 1. The second-order valence-electron chi connectivity index (χ2n) is 8.21. The van der Waals surface area contributed by atoms with Crippen LogP contribution >= 0.6 is 0 Å². The second kappa shape index (κ2) is 10.2. The van der Waals surface area contributed by atoms with Gasteiger partial charge >= 0.3 is 11.9 Å². The largest absolute Gasteiger partial charge is 0.481 e. The SMILES string of the molecule is CC1(NC(=O)C2CCC2)CCCC1.O=C(O)CC(Cc1ccccc1)C(=O)O. The van der Waals surface area contributed by atoms with Gasteiger partial charge in [-0.2, -0.15) is 0 Å². The second-order valence-corrected chi connectivity index (χ2v) is 8.21. The van der Waals surface area contributed by atoms with Crippen LogP contribution in [0.25, 0.3) is 0 Å². The average molecular weight is 389 g/mol. The first-order chi connectivity index (χ1) is 13.3. The first-order valence-electron chi connectivity index (χ1n) is 10.1. The highest BCUT2D eigenvalue weighted by Gasteiger charge is 2.34. The van der Waals surface area contributed by atoms with Crippen molar-refractivity contribution in [3.8, 4) is 0 Å². The van der Waals surface area contributed by atoms with Crippen LogP contribution in [-0.4, -0.2) is 33.6 Å². The zero-order valence-corrected chi connectivity index (χ0v) is 16.5. The molecular weight excluding hydrogens is 358 g/mol. The number of aliphatic carboxylic acids is 2. The molecule has 0 heterocycles. The Kier molecular flexibility index (Phi) is 8.03. The van der Waals surface area contributed by atoms with Crippen LogP contribution in [0.2, 0.25) is 0 Å². The van der Waals surface area contributed by atoms with Gasteiger partial charge < -0.3 is 15.5 Å². The highest BCUT2D eigenvalue weighted by molar-refractivity contribution is 5.80. The predicted molar refractivity (Wildman–Crippen MR) is 106 cm³/mol. The molecule has 2 fully saturated rings. The molecule has 1 unspecified atom stereocenters. The quantitative estimate of drug-likeness (QED) is 0.660. The number of carboxylic acid groups (broad SMARTS) is 2. The van der Waals surface area contributed by atoms with Crippen LogP contribution in [-0.2, 0) is 20.8 Å². The van der Waals surface area contributed by atoms with Gasteiger partial charge in [-0.3, -0.25) is 14.4 Å². The van der Waals surface area contributed by atoms with Crippen LogP contribution < -0.4 is 5.32 Å². The van der Waals surface area contributed by atoms with Gasteiger partial charge in [0.2, 0.25) is 5.91 Å². The van der Waals surface area contributed by atoms with E-state index in [2.05, 4.69) is 12.2 Å². The monoisotopic (exact) mass is 389 g/mol. The lowest BCUT2D eigenvalue weighted by Gasteiger charge is -2.31. The van der Waals surface area contributed by atoms with Gasteiger partial charge in [0, 0.05) is 11.5 Å². The molecule has 154 valence electrons. The number of nitrogens with one attached hydrogen (secondary N) is 1. The van der Waals surface area contributed by atoms with Crippen LogP contribution in [0, 0.1) is 11.8 Å². The molecule has 1 atom stereocenters. The summed E-state index contributed by atoms with van der Waals surface area (Å²) in [5, 5.41) is 20.6. The Hall–Kier alpha value is -2.37. The fourth-order valence-corrected chi connectivity index (χ4v) is 3.71.